The summed E-state index contributed by atoms with van der Waals surface area (Å²) in [7, 11) is 0. The smallest absolute Gasteiger partial charge is 0.00642 e. The van der Waals surface area contributed by atoms with Crippen molar-refractivity contribution in [1.29, 1.82) is 0 Å². The van der Waals surface area contributed by atoms with Gasteiger partial charge >= 0.3 is 0 Å². The lowest BCUT2D eigenvalue weighted by Crippen LogP contribution is -2.32. The minimum absolute atomic E-state index is 0.687. The van der Waals surface area contributed by atoms with Crippen molar-refractivity contribution in [2.24, 2.45) is 5.92 Å². The number of hydrogen-bond acceptors (Lipinski definition) is 1. The van der Waals surface area contributed by atoms with Crippen molar-refractivity contribution in [1.82, 2.24) is 5.32 Å². The molecule has 1 nitrogen and oxygen atoms in total. The zero-order valence-electron chi connectivity index (χ0n) is 8.48. The molecule has 0 rings (SSSR count). The molecule has 0 bridgehead atoms. The van der Waals surface area contributed by atoms with Gasteiger partial charge in [0.1, 0.15) is 0 Å². The molecule has 0 aliphatic rings. The molecular weight excluding hydrogens is 134 g/mol. The van der Waals surface area contributed by atoms with E-state index < -0.39 is 0 Å². The first-order valence-electron chi connectivity index (χ1n) is 4.95. The summed E-state index contributed by atoms with van der Waals surface area (Å²) in [5.41, 5.74) is 0. The maximum absolute atomic E-state index is 3.53. The number of hydrogen-bond donors (Lipinski definition) is 1. The van der Waals surface area contributed by atoms with Gasteiger partial charge in [-0.25, -0.2) is 0 Å². The Kier molecular flexibility index (Phi) is 6.63. The maximum Gasteiger partial charge on any atom is 0.00642 e. The van der Waals surface area contributed by atoms with Gasteiger partial charge in [-0.1, -0.05) is 33.6 Å². The predicted molar refractivity (Wildman–Crippen MR) is 51.8 cm³/mol. The van der Waals surface area contributed by atoms with Gasteiger partial charge in [-0.05, 0) is 25.8 Å². The second kappa shape index (κ2) is 6.66. The van der Waals surface area contributed by atoms with Crippen LogP contribution in [0.25, 0.3) is 0 Å². The van der Waals surface area contributed by atoms with E-state index in [9.17, 15) is 0 Å². The van der Waals surface area contributed by atoms with Gasteiger partial charge in [-0.15, -0.1) is 0 Å². The molecule has 0 saturated heterocycles. The Morgan fingerprint density at radius 1 is 1.18 bits per heavy atom. The van der Waals surface area contributed by atoms with Gasteiger partial charge in [0.05, 0.1) is 0 Å². The number of unbranched alkanes of at least 4 members (excludes halogenated alkanes) is 1. The Bertz CT molecular complexity index is 80.9. The molecule has 0 radical (unpaired) electrons. The summed E-state index contributed by atoms with van der Waals surface area (Å²) in [5, 5.41) is 3.53. The van der Waals surface area contributed by atoms with Gasteiger partial charge in [0.2, 0.25) is 0 Å². The van der Waals surface area contributed by atoms with Gasteiger partial charge in [-0.2, -0.15) is 0 Å². The fourth-order valence-electron chi connectivity index (χ4n) is 1.06. The fourth-order valence-corrected chi connectivity index (χ4v) is 1.06. The first-order chi connectivity index (χ1) is 5.22. The van der Waals surface area contributed by atoms with Crippen LogP contribution >= 0.6 is 0 Å². The number of nitrogens with one attached hydrogen (secondary N) is 1. The highest BCUT2D eigenvalue weighted by molar-refractivity contribution is 4.66. The first kappa shape index (κ1) is 11.0. The molecule has 0 unspecified atom stereocenters. The highest BCUT2D eigenvalue weighted by Gasteiger charge is 2.07. The lowest BCUT2D eigenvalue weighted by atomic mass is 10.0. The van der Waals surface area contributed by atoms with Crippen LogP contribution in [0, 0.1) is 5.92 Å². The lowest BCUT2D eigenvalue weighted by molar-refractivity contribution is 0.388. The highest BCUT2D eigenvalue weighted by atomic mass is 14.9. The molecule has 1 heteroatoms. The van der Waals surface area contributed by atoms with Crippen LogP contribution in [0.3, 0.4) is 0 Å². The van der Waals surface area contributed by atoms with E-state index in [1.54, 1.807) is 0 Å². The van der Waals surface area contributed by atoms with Crippen molar-refractivity contribution in [3.8, 4) is 0 Å². The molecule has 68 valence electrons. The van der Waals surface area contributed by atoms with E-state index in [-0.39, 0.29) is 0 Å². The second-order valence-electron chi connectivity index (χ2n) is 3.48. The molecule has 2 atom stereocenters. The molecule has 0 spiro atoms. The molecule has 0 amide bonds. The van der Waals surface area contributed by atoms with E-state index in [4.69, 9.17) is 0 Å². The van der Waals surface area contributed by atoms with E-state index in [1.165, 1.54) is 25.8 Å². The van der Waals surface area contributed by atoms with E-state index in [2.05, 4.69) is 33.0 Å². The van der Waals surface area contributed by atoms with Crippen LogP contribution in [0.2, 0.25) is 0 Å². The summed E-state index contributed by atoms with van der Waals surface area (Å²) in [6.07, 6.45) is 3.88. The normalized spacial score (nSPS) is 16.4. The molecule has 0 aliphatic heterocycles. The lowest BCUT2D eigenvalue weighted by Gasteiger charge is -2.19. The zero-order chi connectivity index (χ0) is 8.69. The summed E-state index contributed by atoms with van der Waals surface area (Å²) in [5.74, 6) is 0.812. The molecular formula is C10H23N. The quantitative estimate of drug-likeness (QED) is 0.585. The molecule has 1 N–H and O–H groups in total. The Morgan fingerprint density at radius 2 is 1.82 bits per heavy atom. The molecule has 0 aromatic carbocycles. The van der Waals surface area contributed by atoms with Gasteiger partial charge in [0.15, 0.2) is 0 Å². The Balaban J connectivity index is 3.28. The summed E-state index contributed by atoms with van der Waals surface area (Å²) in [6.45, 7) is 10.3. The molecule has 0 heterocycles. The topological polar surface area (TPSA) is 12.0 Å². The molecule has 0 aliphatic carbocycles. The van der Waals surface area contributed by atoms with Crippen molar-refractivity contribution in [3.05, 3.63) is 0 Å². The largest absolute Gasteiger partial charge is 0.314 e. The number of rotatable bonds is 6. The standard InChI is InChI=1S/C10H23N/c1-5-7-8-11-10(4)9(3)6-2/h9-11H,5-8H2,1-4H3/t9-,10-/m1/s1. The minimum Gasteiger partial charge on any atom is -0.314 e. The zero-order valence-corrected chi connectivity index (χ0v) is 8.48. The van der Waals surface area contributed by atoms with E-state index in [0.717, 1.165) is 5.92 Å². The van der Waals surface area contributed by atoms with E-state index >= 15 is 0 Å². The second-order valence-corrected chi connectivity index (χ2v) is 3.48. The summed E-state index contributed by atoms with van der Waals surface area (Å²) in [6, 6.07) is 0.687. The molecule has 0 fully saturated rings. The predicted octanol–water partition coefficient (Wildman–Crippen LogP) is 2.81. The molecule has 0 saturated carbocycles. The van der Waals surface area contributed by atoms with Crippen LogP contribution in [-0.2, 0) is 0 Å². The van der Waals surface area contributed by atoms with Crippen molar-refractivity contribution in [2.45, 2.75) is 53.0 Å². The van der Waals surface area contributed by atoms with Gasteiger partial charge < -0.3 is 5.32 Å². The van der Waals surface area contributed by atoms with Crippen LogP contribution in [0.15, 0.2) is 0 Å². The van der Waals surface area contributed by atoms with E-state index in [0.29, 0.717) is 6.04 Å². The fraction of sp³-hybridized carbons (Fsp3) is 1.00. The Morgan fingerprint density at radius 3 is 2.27 bits per heavy atom. The average molecular weight is 157 g/mol. The van der Waals surface area contributed by atoms with Crippen LogP contribution in [0.4, 0.5) is 0 Å². The Labute approximate surface area is 71.6 Å². The molecule has 0 aromatic heterocycles. The minimum atomic E-state index is 0.687. The summed E-state index contributed by atoms with van der Waals surface area (Å²) >= 11 is 0. The molecule has 0 aromatic rings. The average Bonchev–Trinajstić information content (AvgIpc) is 2.03. The first-order valence-corrected chi connectivity index (χ1v) is 4.95. The van der Waals surface area contributed by atoms with Crippen molar-refractivity contribution >= 4 is 0 Å². The third-order valence-corrected chi connectivity index (χ3v) is 2.49. The summed E-state index contributed by atoms with van der Waals surface area (Å²) < 4.78 is 0. The SMILES string of the molecule is CCCCN[C@H](C)[C@H](C)CC. The summed E-state index contributed by atoms with van der Waals surface area (Å²) in [4.78, 5) is 0. The third-order valence-electron chi connectivity index (χ3n) is 2.49. The Hall–Kier alpha value is -0.0400. The van der Waals surface area contributed by atoms with Crippen LogP contribution < -0.4 is 5.32 Å². The molecule has 11 heavy (non-hydrogen) atoms. The van der Waals surface area contributed by atoms with Gasteiger partial charge in [0.25, 0.3) is 0 Å². The van der Waals surface area contributed by atoms with Gasteiger partial charge in [-0.3, -0.25) is 0 Å². The van der Waals surface area contributed by atoms with Crippen molar-refractivity contribution in [3.63, 3.8) is 0 Å². The maximum atomic E-state index is 3.53. The monoisotopic (exact) mass is 157 g/mol. The van der Waals surface area contributed by atoms with Crippen LogP contribution in [0.1, 0.15) is 47.0 Å². The van der Waals surface area contributed by atoms with Crippen molar-refractivity contribution in [2.75, 3.05) is 6.54 Å². The third kappa shape index (κ3) is 5.25. The highest BCUT2D eigenvalue weighted by Crippen LogP contribution is 2.06. The van der Waals surface area contributed by atoms with Gasteiger partial charge in [0, 0.05) is 6.04 Å². The van der Waals surface area contributed by atoms with Crippen molar-refractivity contribution < 1.29 is 0 Å². The van der Waals surface area contributed by atoms with Crippen LogP contribution in [0.5, 0.6) is 0 Å². The van der Waals surface area contributed by atoms with E-state index in [1.807, 2.05) is 0 Å². The van der Waals surface area contributed by atoms with Crippen LogP contribution in [-0.4, -0.2) is 12.6 Å².